The molecule has 2 aliphatic heterocycles. The first kappa shape index (κ1) is 22.3. The van der Waals surface area contributed by atoms with Gasteiger partial charge >= 0.3 is 6.09 Å². The third-order valence-corrected chi connectivity index (χ3v) is 5.73. The van der Waals surface area contributed by atoms with E-state index in [-0.39, 0.29) is 31.6 Å². The van der Waals surface area contributed by atoms with Crippen molar-refractivity contribution in [1.82, 2.24) is 20.3 Å². The van der Waals surface area contributed by atoms with Gasteiger partial charge in [-0.15, -0.1) is 5.10 Å². The van der Waals surface area contributed by atoms with Crippen LogP contribution in [0, 0.1) is 5.82 Å². The SMILES string of the molecule is CC(=O)NC[C@H]1CN(c2ccc(N3CCC(n4cc(CN=[N+]=[N-])nn4)CC3)c(F)c2)C(=O)O1. The average Bonchev–Trinajstić information content (AvgIpc) is 3.43. The first-order chi connectivity index (χ1) is 15.9. The Bertz CT molecular complexity index is 1080. The summed E-state index contributed by atoms with van der Waals surface area (Å²) in [6.07, 6.45) is 2.25. The van der Waals surface area contributed by atoms with Crippen molar-refractivity contribution in [1.29, 1.82) is 0 Å². The second-order valence-corrected chi connectivity index (χ2v) is 7.99. The maximum Gasteiger partial charge on any atom is 0.414 e. The van der Waals surface area contributed by atoms with E-state index < -0.39 is 18.0 Å². The Labute approximate surface area is 188 Å². The molecular weight excluding hydrogens is 433 g/mol. The molecule has 0 radical (unpaired) electrons. The van der Waals surface area contributed by atoms with Gasteiger partial charge in [-0.05, 0) is 36.6 Å². The lowest BCUT2D eigenvalue weighted by atomic mass is 10.0. The number of nitrogens with one attached hydrogen (secondary N) is 1. The minimum absolute atomic E-state index is 0.135. The minimum Gasteiger partial charge on any atom is -0.442 e. The number of rotatable bonds is 7. The van der Waals surface area contributed by atoms with Gasteiger partial charge in [-0.1, -0.05) is 10.3 Å². The fraction of sp³-hybridized carbons (Fsp3) is 0.500. The number of carbonyl (C=O) groups is 2. The average molecular weight is 457 g/mol. The van der Waals surface area contributed by atoms with Gasteiger partial charge in [0.1, 0.15) is 11.9 Å². The topological polar surface area (TPSA) is 141 Å². The number of ether oxygens (including phenoxy) is 1. The number of hydrogen-bond donors (Lipinski definition) is 1. The van der Waals surface area contributed by atoms with Crippen molar-refractivity contribution in [3.05, 3.63) is 46.3 Å². The lowest BCUT2D eigenvalue weighted by Gasteiger charge is -2.33. The van der Waals surface area contributed by atoms with Gasteiger partial charge in [0.25, 0.3) is 0 Å². The Morgan fingerprint density at radius 3 is 2.88 bits per heavy atom. The maximum absolute atomic E-state index is 15.0. The summed E-state index contributed by atoms with van der Waals surface area (Å²) in [5, 5.41) is 14.2. The van der Waals surface area contributed by atoms with Crippen LogP contribution in [-0.4, -0.2) is 59.3 Å². The van der Waals surface area contributed by atoms with E-state index in [1.165, 1.54) is 17.9 Å². The predicted molar refractivity (Wildman–Crippen MR) is 116 cm³/mol. The third-order valence-electron chi connectivity index (χ3n) is 5.73. The molecule has 1 aromatic carbocycles. The Hall–Kier alpha value is -3.86. The highest BCUT2D eigenvalue weighted by atomic mass is 19.1. The largest absolute Gasteiger partial charge is 0.442 e. The van der Waals surface area contributed by atoms with E-state index in [1.54, 1.807) is 23.0 Å². The normalized spacial score (nSPS) is 18.7. The third kappa shape index (κ3) is 5.14. The summed E-state index contributed by atoms with van der Waals surface area (Å²) >= 11 is 0. The van der Waals surface area contributed by atoms with Gasteiger partial charge in [0, 0.05) is 31.1 Å². The zero-order valence-corrected chi connectivity index (χ0v) is 18.1. The van der Waals surface area contributed by atoms with Gasteiger partial charge < -0.3 is 15.0 Å². The number of piperidine rings is 1. The highest BCUT2D eigenvalue weighted by Gasteiger charge is 2.33. The van der Waals surface area contributed by atoms with Crippen LogP contribution >= 0.6 is 0 Å². The van der Waals surface area contributed by atoms with Crippen molar-refractivity contribution >= 4 is 23.4 Å². The number of amides is 2. The molecule has 3 heterocycles. The molecule has 0 saturated carbocycles. The molecule has 2 aromatic rings. The lowest BCUT2D eigenvalue weighted by molar-refractivity contribution is -0.119. The summed E-state index contributed by atoms with van der Waals surface area (Å²) in [4.78, 5) is 29.3. The quantitative estimate of drug-likeness (QED) is 0.385. The Kier molecular flexibility index (Phi) is 6.59. The van der Waals surface area contributed by atoms with E-state index in [2.05, 4.69) is 25.7 Å². The number of aromatic nitrogens is 3. The van der Waals surface area contributed by atoms with Crippen molar-refractivity contribution in [2.24, 2.45) is 5.11 Å². The van der Waals surface area contributed by atoms with E-state index >= 15 is 0 Å². The molecule has 1 atom stereocenters. The van der Waals surface area contributed by atoms with Crippen LogP contribution in [0.1, 0.15) is 31.5 Å². The van der Waals surface area contributed by atoms with Crippen LogP contribution in [0.4, 0.5) is 20.6 Å². The van der Waals surface area contributed by atoms with Gasteiger partial charge in [-0.3, -0.25) is 9.69 Å². The Morgan fingerprint density at radius 1 is 1.39 bits per heavy atom. The molecule has 0 unspecified atom stereocenters. The molecule has 4 rings (SSSR count). The van der Waals surface area contributed by atoms with Crippen LogP contribution in [0.15, 0.2) is 29.5 Å². The summed E-state index contributed by atoms with van der Waals surface area (Å²) in [6, 6.07) is 4.85. The molecule has 1 N–H and O–H groups in total. The summed E-state index contributed by atoms with van der Waals surface area (Å²) in [6.45, 7) is 3.27. The number of azide groups is 1. The van der Waals surface area contributed by atoms with E-state index in [9.17, 15) is 14.0 Å². The van der Waals surface area contributed by atoms with E-state index in [1.807, 2.05) is 4.90 Å². The number of hydrogen-bond acceptors (Lipinski definition) is 7. The summed E-state index contributed by atoms with van der Waals surface area (Å²) in [7, 11) is 0. The molecule has 2 saturated heterocycles. The fourth-order valence-corrected chi connectivity index (χ4v) is 4.06. The molecule has 2 fully saturated rings. The van der Waals surface area contributed by atoms with Gasteiger partial charge in [-0.25, -0.2) is 13.9 Å². The van der Waals surface area contributed by atoms with E-state index in [0.29, 0.717) is 30.2 Å². The number of carbonyl (C=O) groups excluding carboxylic acids is 2. The molecule has 174 valence electrons. The standard InChI is InChI=1S/C20H24FN9O3/c1-13(31)23-10-17-12-29(20(32)33-17)16-2-3-19(18(21)8-16)28-6-4-15(5-7-28)30-11-14(25-27-30)9-24-26-22/h2-3,8,11,15,17H,4-7,9-10,12H2,1H3,(H,23,31)/t17-/m0/s1. The molecule has 33 heavy (non-hydrogen) atoms. The van der Waals surface area contributed by atoms with E-state index in [4.69, 9.17) is 10.3 Å². The number of nitrogens with zero attached hydrogens (tertiary/aromatic N) is 8. The maximum atomic E-state index is 15.0. The van der Waals surface area contributed by atoms with Crippen LogP contribution in [0.3, 0.4) is 0 Å². The molecule has 1 aromatic heterocycles. The number of halogens is 1. The summed E-state index contributed by atoms with van der Waals surface area (Å²) in [5.41, 5.74) is 9.91. The van der Waals surface area contributed by atoms with Crippen LogP contribution in [0.5, 0.6) is 0 Å². The Morgan fingerprint density at radius 2 is 2.18 bits per heavy atom. The highest BCUT2D eigenvalue weighted by molar-refractivity contribution is 5.90. The lowest BCUT2D eigenvalue weighted by Crippen LogP contribution is -2.35. The summed E-state index contributed by atoms with van der Waals surface area (Å²) < 4.78 is 22.0. The first-order valence-electron chi connectivity index (χ1n) is 10.6. The van der Waals surface area contributed by atoms with Gasteiger partial charge in [0.15, 0.2) is 0 Å². The molecule has 13 heteroatoms. The van der Waals surface area contributed by atoms with Crippen molar-refractivity contribution in [2.75, 3.05) is 36.0 Å². The molecule has 0 spiro atoms. The van der Waals surface area contributed by atoms with Crippen molar-refractivity contribution in [2.45, 2.75) is 38.5 Å². The molecule has 2 amide bonds. The first-order valence-corrected chi connectivity index (χ1v) is 10.6. The van der Waals surface area contributed by atoms with Crippen LogP contribution in [-0.2, 0) is 16.1 Å². The monoisotopic (exact) mass is 457 g/mol. The number of anilines is 2. The molecule has 0 bridgehead atoms. The van der Waals surface area contributed by atoms with Gasteiger partial charge in [-0.2, -0.15) is 0 Å². The van der Waals surface area contributed by atoms with Crippen molar-refractivity contribution < 1.29 is 18.7 Å². The van der Waals surface area contributed by atoms with Gasteiger partial charge in [0.05, 0.1) is 42.7 Å². The molecule has 0 aliphatic carbocycles. The van der Waals surface area contributed by atoms with Crippen LogP contribution in [0.25, 0.3) is 10.4 Å². The second-order valence-electron chi connectivity index (χ2n) is 7.99. The molecule has 2 aliphatic rings. The zero-order valence-electron chi connectivity index (χ0n) is 18.1. The Balaban J connectivity index is 1.36. The van der Waals surface area contributed by atoms with Crippen molar-refractivity contribution in [3.63, 3.8) is 0 Å². The minimum atomic E-state index is -0.564. The number of benzene rings is 1. The second kappa shape index (κ2) is 9.74. The smallest absolute Gasteiger partial charge is 0.414 e. The van der Waals surface area contributed by atoms with Crippen LogP contribution in [0.2, 0.25) is 0 Å². The highest BCUT2D eigenvalue weighted by Crippen LogP contribution is 2.31. The van der Waals surface area contributed by atoms with Crippen molar-refractivity contribution in [3.8, 4) is 0 Å². The molecule has 12 nitrogen and oxygen atoms in total. The number of cyclic esters (lactones) is 1. The fourth-order valence-electron chi connectivity index (χ4n) is 4.06. The molecular formula is C20H24FN9O3. The van der Waals surface area contributed by atoms with Gasteiger partial charge in [0.2, 0.25) is 5.91 Å². The van der Waals surface area contributed by atoms with E-state index in [0.717, 1.165) is 12.8 Å². The predicted octanol–water partition coefficient (Wildman–Crippen LogP) is 2.53. The van der Waals surface area contributed by atoms with Crippen LogP contribution < -0.4 is 15.1 Å². The zero-order chi connectivity index (χ0) is 23.4. The summed E-state index contributed by atoms with van der Waals surface area (Å²) in [5.74, 6) is -0.623.